The normalized spacial score (nSPS) is 17.8. The molecule has 2 amide bonds. The number of ether oxygens (including phenoxy) is 2. The highest BCUT2D eigenvalue weighted by atomic mass is 16.7. The molecule has 6 rings (SSSR count). The molecule has 0 saturated heterocycles. The Bertz CT molecular complexity index is 1350. The molecule has 0 bridgehead atoms. The van der Waals surface area contributed by atoms with Gasteiger partial charge in [0.2, 0.25) is 12.7 Å². The lowest BCUT2D eigenvalue weighted by Gasteiger charge is -2.22. The first-order valence-corrected chi connectivity index (χ1v) is 13.3. The topological polar surface area (TPSA) is 76.7 Å². The van der Waals surface area contributed by atoms with Crippen LogP contribution in [0.15, 0.2) is 60.7 Å². The van der Waals surface area contributed by atoms with Crippen LogP contribution in [0.1, 0.15) is 69.3 Å². The van der Waals surface area contributed by atoms with Gasteiger partial charge in [-0.25, -0.2) is 0 Å². The Morgan fingerprint density at radius 3 is 2.41 bits per heavy atom. The molecule has 2 fully saturated rings. The molecule has 1 aliphatic heterocycles. The fourth-order valence-corrected chi connectivity index (χ4v) is 5.54. The molecule has 3 aliphatic rings. The number of nitrogens with one attached hydrogen (secondary N) is 2. The van der Waals surface area contributed by atoms with Gasteiger partial charge in [0.05, 0.1) is 5.41 Å². The number of hydrogen-bond donors (Lipinski definition) is 2. The Hall–Kier alpha value is -3.80. The lowest BCUT2D eigenvalue weighted by molar-refractivity contribution is -0.118. The minimum atomic E-state index is -0.528. The molecule has 3 aromatic rings. The highest BCUT2D eigenvalue weighted by molar-refractivity contribution is 6.02. The molecule has 2 N–H and O–H groups in total. The summed E-state index contributed by atoms with van der Waals surface area (Å²) in [5.41, 5.74) is 5.02. The summed E-state index contributed by atoms with van der Waals surface area (Å²) in [5.74, 6) is 1.41. The van der Waals surface area contributed by atoms with Gasteiger partial charge in [-0.1, -0.05) is 43.5 Å². The van der Waals surface area contributed by atoms with Crippen LogP contribution in [0.25, 0.3) is 11.1 Å². The van der Waals surface area contributed by atoms with Crippen molar-refractivity contribution in [3.05, 3.63) is 77.4 Å². The van der Waals surface area contributed by atoms with Crippen LogP contribution < -0.4 is 20.1 Å². The maximum absolute atomic E-state index is 13.4. The number of hydrogen-bond acceptors (Lipinski definition) is 4. The van der Waals surface area contributed by atoms with Crippen molar-refractivity contribution < 1.29 is 21.9 Å². The molecule has 0 radical (unpaired) electrons. The highest BCUT2D eigenvalue weighted by Crippen LogP contribution is 2.51. The van der Waals surface area contributed by atoms with Crippen LogP contribution >= 0.6 is 0 Å². The van der Waals surface area contributed by atoms with Gasteiger partial charge in [0.15, 0.2) is 11.5 Å². The predicted octanol–water partition coefficient (Wildman–Crippen LogP) is 6.62. The van der Waals surface area contributed by atoms with E-state index in [0.717, 1.165) is 59.4 Å². The van der Waals surface area contributed by atoms with E-state index in [1.54, 1.807) is 0 Å². The molecular formula is C31H36N2O4. The zero-order valence-corrected chi connectivity index (χ0v) is 21.1. The summed E-state index contributed by atoms with van der Waals surface area (Å²) in [4.78, 5) is 26.1. The summed E-state index contributed by atoms with van der Waals surface area (Å²) in [5, 5.41) is 6.33. The van der Waals surface area contributed by atoms with Crippen molar-refractivity contribution in [3.63, 3.8) is 0 Å². The van der Waals surface area contributed by atoms with Crippen molar-refractivity contribution in [3.8, 4) is 22.6 Å². The largest absolute Gasteiger partial charge is 0.454 e. The van der Waals surface area contributed by atoms with Crippen LogP contribution in [0, 0.1) is 6.92 Å². The Morgan fingerprint density at radius 2 is 1.65 bits per heavy atom. The molecule has 37 heavy (non-hydrogen) atoms. The molecule has 6 heteroatoms. The minimum absolute atomic E-state index is 0. The molecule has 0 aromatic heterocycles. The third kappa shape index (κ3) is 4.68. The average molecular weight is 501 g/mol. The summed E-state index contributed by atoms with van der Waals surface area (Å²) in [6.45, 7) is 2.27. The Balaban J connectivity index is 0.00000176. The summed E-state index contributed by atoms with van der Waals surface area (Å²) in [7, 11) is 0. The molecule has 3 aromatic carbocycles. The second-order valence-corrected chi connectivity index (χ2v) is 10.5. The van der Waals surface area contributed by atoms with Crippen molar-refractivity contribution in [1.29, 1.82) is 0 Å². The average Bonchev–Trinajstić information content (AvgIpc) is 3.61. The monoisotopic (exact) mass is 500 g/mol. The van der Waals surface area contributed by atoms with Crippen LogP contribution in [-0.2, 0) is 10.2 Å². The molecule has 2 aliphatic carbocycles. The Labute approximate surface area is 220 Å². The van der Waals surface area contributed by atoms with E-state index in [1.165, 1.54) is 19.3 Å². The smallest absolute Gasteiger partial charge is 0.251 e. The third-order valence-electron chi connectivity index (χ3n) is 8.00. The number of benzene rings is 3. The van der Waals surface area contributed by atoms with Gasteiger partial charge in [-0.15, -0.1) is 0 Å². The molecule has 0 spiro atoms. The molecule has 194 valence electrons. The van der Waals surface area contributed by atoms with Crippen LogP contribution in [0.2, 0.25) is 0 Å². The van der Waals surface area contributed by atoms with E-state index in [9.17, 15) is 9.59 Å². The second kappa shape index (κ2) is 9.58. The van der Waals surface area contributed by atoms with Gasteiger partial charge in [0, 0.05) is 20.1 Å². The molecule has 6 nitrogen and oxygen atoms in total. The van der Waals surface area contributed by atoms with E-state index < -0.39 is 5.41 Å². The summed E-state index contributed by atoms with van der Waals surface area (Å²) in [6, 6.07) is 19.8. The van der Waals surface area contributed by atoms with Crippen molar-refractivity contribution in [1.82, 2.24) is 5.32 Å². The van der Waals surface area contributed by atoms with Gasteiger partial charge < -0.3 is 20.1 Å². The van der Waals surface area contributed by atoms with E-state index in [0.29, 0.717) is 11.3 Å². The molecule has 2 saturated carbocycles. The molecular weight excluding hydrogens is 464 g/mol. The molecule has 0 unspecified atom stereocenters. The lowest BCUT2D eigenvalue weighted by Crippen LogP contribution is -2.36. The first-order chi connectivity index (χ1) is 18.0. The van der Waals surface area contributed by atoms with E-state index in [1.807, 2.05) is 60.7 Å². The SMILES string of the molecule is Cc1ccc(NC(=O)C2(c3ccc4c(c3)OCO4)CC2)cc1-c1ccc(C(=O)NC2CCCCC2)cc1.[HH].[HH]. The zero-order valence-electron chi connectivity index (χ0n) is 21.1. The van der Waals surface area contributed by atoms with E-state index in [4.69, 9.17) is 9.47 Å². The first-order valence-electron chi connectivity index (χ1n) is 13.3. The van der Waals surface area contributed by atoms with Gasteiger partial charge in [-0.3, -0.25) is 9.59 Å². The Kier molecular flexibility index (Phi) is 6.11. The van der Waals surface area contributed by atoms with Crippen LogP contribution in [0.5, 0.6) is 11.5 Å². The minimum Gasteiger partial charge on any atom is -0.454 e. The standard InChI is InChI=1S/C31H32N2O4.2H2/c1-20-7-13-25(33-30(35)31(15-16-31)23-12-14-27-28(17-23)37-19-36-27)18-26(20)21-8-10-22(11-9-21)29(34)32-24-5-3-2-4-6-24;;/h7-14,17-18,24H,2-6,15-16,19H2,1H3,(H,32,34)(H,33,35);2*1H. The number of anilines is 1. The van der Waals surface area contributed by atoms with Crippen molar-refractivity contribution in [2.45, 2.75) is 63.3 Å². The van der Waals surface area contributed by atoms with Gasteiger partial charge >= 0.3 is 0 Å². The second-order valence-electron chi connectivity index (χ2n) is 10.5. The predicted molar refractivity (Wildman–Crippen MR) is 147 cm³/mol. The van der Waals surface area contributed by atoms with Crippen LogP contribution in [0.4, 0.5) is 5.69 Å². The van der Waals surface area contributed by atoms with Gasteiger partial charge in [-0.2, -0.15) is 0 Å². The molecule has 1 heterocycles. The van der Waals surface area contributed by atoms with Gasteiger partial charge in [0.1, 0.15) is 0 Å². The number of fused-ring (bicyclic) bond motifs is 1. The van der Waals surface area contributed by atoms with E-state index >= 15 is 0 Å². The van der Waals surface area contributed by atoms with Crippen LogP contribution in [-0.4, -0.2) is 24.6 Å². The number of rotatable bonds is 6. The maximum Gasteiger partial charge on any atom is 0.251 e. The quantitative estimate of drug-likeness (QED) is 0.399. The summed E-state index contributed by atoms with van der Waals surface area (Å²) < 4.78 is 10.9. The zero-order chi connectivity index (χ0) is 25.4. The van der Waals surface area contributed by atoms with Gasteiger partial charge in [0.25, 0.3) is 5.91 Å². The Morgan fingerprint density at radius 1 is 0.892 bits per heavy atom. The first kappa shape index (κ1) is 23.6. The summed E-state index contributed by atoms with van der Waals surface area (Å²) in [6.07, 6.45) is 7.39. The van der Waals surface area contributed by atoms with Crippen molar-refractivity contribution >= 4 is 17.5 Å². The fourth-order valence-electron chi connectivity index (χ4n) is 5.54. The van der Waals surface area contributed by atoms with E-state index in [-0.39, 0.29) is 27.5 Å². The number of carbonyl (C=O) groups is 2. The maximum atomic E-state index is 13.4. The fraction of sp³-hybridized carbons (Fsp3) is 0.355. The number of aryl methyl sites for hydroxylation is 1. The summed E-state index contributed by atoms with van der Waals surface area (Å²) >= 11 is 0. The highest BCUT2D eigenvalue weighted by Gasteiger charge is 2.51. The van der Waals surface area contributed by atoms with E-state index in [2.05, 4.69) is 17.6 Å². The van der Waals surface area contributed by atoms with Gasteiger partial charge in [-0.05, 0) is 91.3 Å². The number of carbonyl (C=O) groups excluding carboxylic acids is 2. The number of amides is 2. The van der Waals surface area contributed by atoms with Crippen molar-refractivity contribution in [2.24, 2.45) is 0 Å². The lowest BCUT2D eigenvalue weighted by atomic mass is 9.94. The third-order valence-corrected chi connectivity index (χ3v) is 8.00. The molecule has 0 atom stereocenters. The van der Waals surface area contributed by atoms with Crippen LogP contribution in [0.3, 0.4) is 0 Å². The van der Waals surface area contributed by atoms with Crippen molar-refractivity contribution in [2.75, 3.05) is 12.1 Å².